The third-order valence-electron chi connectivity index (χ3n) is 4.47. The number of sulfonamides is 1. The maximum Gasteiger partial charge on any atom is 0.338 e. The van der Waals surface area contributed by atoms with Crippen molar-refractivity contribution in [3.05, 3.63) is 63.2 Å². The summed E-state index contributed by atoms with van der Waals surface area (Å²) in [7, 11) is -3.93. The number of nitro groups is 1. The maximum absolute atomic E-state index is 12.8. The van der Waals surface area contributed by atoms with E-state index < -0.39 is 32.9 Å². The Bertz CT molecular complexity index is 1130. The molecule has 0 aliphatic rings. The van der Waals surface area contributed by atoms with E-state index in [-0.39, 0.29) is 39.9 Å². The summed E-state index contributed by atoms with van der Waals surface area (Å²) in [6, 6.07) is 8.93. The molecule has 172 valence electrons. The highest BCUT2D eigenvalue weighted by Crippen LogP contribution is 2.26. The van der Waals surface area contributed by atoms with Crippen LogP contribution in [0, 0.1) is 10.1 Å². The number of nitrogens with one attached hydrogen (secondary N) is 1. The first-order valence-electron chi connectivity index (χ1n) is 9.57. The van der Waals surface area contributed by atoms with Crippen molar-refractivity contribution in [1.29, 1.82) is 0 Å². The highest BCUT2D eigenvalue weighted by molar-refractivity contribution is 7.89. The molecule has 2 aromatic rings. The van der Waals surface area contributed by atoms with E-state index in [4.69, 9.17) is 16.3 Å². The van der Waals surface area contributed by atoms with E-state index in [2.05, 4.69) is 5.32 Å². The molecule has 1 N–H and O–H groups in total. The van der Waals surface area contributed by atoms with E-state index in [1.165, 1.54) is 41.6 Å². The Balaban J connectivity index is 2.17. The average molecular weight is 484 g/mol. The number of amides is 1. The van der Waals surface area contributed by atoms with Crippen molar-refractivity contribution in [2.45, 2.75) is 31.8 Å². The molecule has 10 nitrogen and oxygen atoms in total. The van der Waals surface area contributed by atoms with Crippen LogP contribution in [0.15, 0.2) is 47.4 Å². The summed E-state index contributed by atoms with van der Waals surface area (Å²) in [4.78, 5) is 34.8. The summed E-state index contributed by atoms with van der Waals surface area (Å²) in [6.45, 7) is 5.11. The van der Waals surface area contributed by atoms with Crippen LogP contribution in [0.2, 0.25) is 5.02 Å². The lowest BCUT2D eigenvalue weighted by Crippen LogP contribution is -2.31. The number of esters is 1. The lowest BCUT2D eigenvalue weighted by atomic mass is 10.2. The number of benzene rings is 2. The normalized spacial score (nSPS) is 12.3. The fourth-order valence-electron chi connectivity index (χ4n) is 2.75. The van der Waals surface area contributed by atoms with Gasteiger partial charge in [0.2, 0.25) is 10.0 Å². The Morgan fingerprint density at radius 1 is 1.19 bits per heavy atom. The summed E-state index contributed by atoms with van der Waals surface area (Å²) in [5, 5.41) is 13.2. The van der Waals surface area contributed by atoms with E-state index in [1.54, 1.807) is 13.8 Å². The molecular weight excluding hydrogens is 462 g/mol. The Morgan fingerprint density at radius 3 is 2.44 bits per heavy atom. The van der Waals surface area contributed by atoms with Crippen molar-refractivity contribution < 1.29 is 27.7 Å². The largest absolute Gasteiger partial charge is 0.449 e. The summed E-state index contributed by atoms with van der Waals surface area (Å²) >= 11 is 6.05. The van der Waals surface area contributed by atoms with Gasteiger partial charge in [-0.3, -0.25) is 14.9 Å². The van der Waals surface area contributed by atoms with Crippen molar-refractivity contribution in [3.8, 4) is 0 Å². The average Bonchev–Trinajstić information content (AvgIpc) is 2.74. The summed E-state index contributed by atoms with van der Waals surface area (Å²) in [5.74, 6) is -1.65. The highest BCUT2D eigenvalue weighted by Gasteiger charge is 2.27. The number of anilines is 1. The molecule has 0 saturated heterocycles. The van der Waals surface area contributed by atoms with Gasteiger partial charge >= 0.3 is 5.97 Å². The quantitative estimate of drug-likeness (QED) is 0.327. The minimum Gasteiger partial charge on any atom is -0.449 e. The number of carbonyl (C=O) groups is 2. The topological polar surface area (TPSA) is 136 Å². The first-order valence-corrected chi connectivity index (χ1v) is 11.4. The number of hydrogen-bond acceptors (Lipinski definition) is 7. The number of hydrogen-bond donors (Lipinski definition) is 1. The number of nitro benzene ring substituents is 1. The number of halogens is 1. The molecule has 0 unspecified atom stereocenters. The van der Waals surface area contributed by atoms with Gasteiger partial charge in [0.15, 0.2) is 6.10 Å². The van der Waals surface area contributed by atoms with Gasteiger partial charge in [0.25, 0.3) is 11.6 Å². The Hall–Kier alpha value is -3.02. The Morgan fingerprint density at radius 2 is 1.84 bits per heavy atom. The van der Waals surface area contributed by atoms with E-state index in [9.17, 15) is 28.1 Å². The van der Waals surface area contributed by atoms with Crippen LogP contribution < -0.4 is 5.32 Å². The fraction of sp³-hybridized carbons (Fsp3) is 0.300. The molecule has 0 heterocycles. The first-order chi connectivity index (χ1) is 15.0. The predicted molar refractivity (Wildman–Crippen MR) is 118 cm³/mol. The number of ether oxygens (including phenoxy) is 1. The third-order valence-corrected chi connectivity index (χ3v) is 7.00. The molecule has 0 aromatic heterocycles. The van der Waals surface area contributed by atoms with Crippen LogP contribution in [-0.4, -0.2) is 48.7 Å². The van der Waals surface area contributed by atoms with Crippen molar-refractivity contribution in [2.24, 2.45) is 0 Å². The van der Waals surface area contributed by atoms with Gasteiger partial charge < -0.3 is 10.1 Å². The number of rotatable bonds is 9. The maximum atomic E-state index is 12.8. The summed E-state index contributed by atoms with van der Waals surface area (Å²) < 4.78 is 31.9. The summed E-state index contributed by atoms with van der Waals surface area (Å²) in [6.07, 6.45) is -1.26. The molecular formula is C20H22ClN3O7S. The van der Waals surface area contributed by atoms with Gasteiger partial charge in [-0.1, -0.05) is 31.5 Å². The van der Waals surface area contributed by atoms with Crippen molar-refractivity contribution in [2.75, 3.05) is 18.4 Å². The first kappa shape index (κ1) is 25.2. The molecule has 0 fully saturated rings. The van der Waals surface area contributed by atoms with Gasteiger partial charge in [-0.05, 0) is 31.2 Å². The van der Waals surface area contributed by atoms with E-state index in [1.807, 2.05) is 0 Å². The molecule has 0 bridgehead atoms. The zero-order valence-electron chi connectivity index (χ0n) is 17.6. The van der Waals surface area contributed by atoms with Gasteiger partial charge in [-0.15, -0.1) is 0 Å². The zero-order chi connectivity index (χ0) is 24.1. The molecule has 2 rings (SSSR count). The molecule has 0 aliphatic heterocycles. The van der Waals surface area contributed by atoms with Crippen LogP contribution in [0.1, 0.15) is 31.1 Å². The molecule has 0 aliphatic carbocycles. The van der Waals surface area contributed by atoms with E-state index in [0.29, 0.717) is 0 Å². The number of nitrogens with zero attached hydrogens (tertiary/aromatic N) is 2. The van der Waals surface area contributed by atoms with Gasteiger partial charge in [0.1, 0.15) is 4.90 Å². The molecule has 2 aromatic carbocycles. The number of carbonyl (C=O) groups excluding carboxylic acids is 2. The standard InChI is InChI=1S/C20H22ClN3O7S/c1-4-23(5-2)32(29,30)18-11-14(9-10-17(18)21)20(26)31-13(3)19(25)22-15-7-6-8-16(12-15)24(27)28/h6-13H,4-5H2,1-3H3,(H,22,25)/t13-/m0/s1. The molecule has 12 heteroatoms. The van der Waals surface area contributed by atoms with Crippen LogP contribution in [-0.2, 0) is 19.6 Å². The van der Waals surface area contributed by atoms with Gasteiger partial charge in [-0.2, -0.15) is 4.31 Å². The lowest BCUT2D eigenvalue weighted by Gasteiger charge is -2.19. The second-order valence-corrected chi connectivity index (χ2v) is 8.89. The lowest BCUT2D eigenvalue weighted by molar-refractivity contribution is -0.384. The van der Waals surface area contributed by atoms with Gasteiger partial charge in [0, 0.05) is 30.9 Å². The zero-order valence-corrected chi connectivity index (χ0v) is 19.1. The molecule has 0 radical (unpaired) electrons. The van der Waals surface area contributed by atoms with Crippen molar-refractivity contribution in [1.82, 2.24) is 4.31 Å². The minimum atomic E-state index is -3.93. The van der Waals surface area contributed by atoms with Crippen LogP contribution >= 0.6 is 11.6 Å². The number of non-ortho nitro benzene ring substituents is 1. The van der Waals surface area contributed by atoms with E-state index in [0.717, 1.165) is 12.1 Å². The summed E-state index contributed by atoms with van der Waals surface area (Å²) in [5.41, 5.74) is -0.156. The van der Waals surface area contributed by atoms with Crippen LogP contribution in [0.4, 0.5) is 11.4 Å². The monoisotopic (exact) mass is 483 g/mol. The predicted octanol–water partition coefficient (Wildman–Crippen LogP) is 3.46. The van der Waals surface area contributed by atoms with Crippen molar-refractivity contribution in [3.63, 3.8) is 0 Å². The van der Waals surface area contributed by atoms with Gasteiger partial charge in [0.05, 0.1) is 15.5 Å². The SMILES string of the molecule is CCN(CC)S(=O)(=O)c1cc(C(=O)O[C@@H](C)C(=O)Nc2cccc([N+](=O)[O-])c2)ccc1Cl. The second-order valence-electron chi connectivity index (χ2n) is 6.58. The van der Waals surface area contributed by atoms with Gasteiger partial charge in [-0.25, -0.2) is 13.2 Å². The molecule has 0 spiro atoms. The molecule has 1 atom stereocenters. The molecule has 0 saturated carbocycles. The highest BCUT2D eigenvalue weighted by atomic mass is 35.5. The Labute approximate surface area is 190 Å². The molecule has 32 heavy (non-hydrogen) atoms. The molecule has 1 amide bonds. The Kier molecular flexibility index (Phi) is 8.31. The van der Waals surface area contributed by atoms with Crippen molar-refractivity contribution >= 4 is 44.9 Å². The third kappa shape index (κ3) is 5.81. The van der Waals surface area contributed by atoms with Crippen LogP contribution in [0.25, 0.3) is 0 Å². The fourth-order valence-corrected chi connectivity index (χ4v) is 4.71. The van der Waals surface area contributed by atoms with Crippen LogP contribution in [0.3, 0.4) is 0 Å². The van der Waals surface area contributed by atoms with E-state index >= 15 is 0 Å². The smallest absolute Gasteiger partial charge is 0.338 e. The minimum absolute atomic E-state index is 0.0510. The van der Waals surface area contributed by atoms with Crippen LogP contribution in [0.5, 0.6) is 0 Å². The second kappa shape index (κ2) is 10.5.